The van der Waals surface area contributed by atoms with E-state index in [0.717, 1.165) is 25.1 Å². The third-order valence-electron chi connectivity index (χ3n) is 2.81. The summed E-state index contributed by atoms with van der Waals surface area (Å²) in [6.45, 7) is 7.42. The fourth-order valence-corrected chi connectivity index (χ4v) is 1.77. The molecule has 1 aromatic rings. The number of halogens is 3. The summed E-state index contributed by atoms with van der Waals surface area (Å²) in [4.78, 5) is 4.39. The Bertz CT molecular complexity index is 490. The highest BCUT2D eigenvalue weighted by Crippen LogP contribution is 2.17. The lowest BCUT2D eigenvalue weighted by molar-refractivity contribution is 0.146. The summed E-state index contributed by atoms with van der Waals surface area (Å²) in [5.41, 5.74) is 0. The molecule has 0 aromatic heterocycles. The maximum absolute atomic E-state index is 13.4. The van der Waals surface area contributed by atoms with Crippen molar-refractivity contribution in [2.75, 3.05) is 39.5 Å². The minimum atomic E-state index is -0.707. The summed E-state index contributed by atoms with van der Waals surface area (Å²) in [7, 11) is 0. The SMILES string of the molecule is CCNC(=NCCCOCC)NCCOc1ccc(F)cc1F.I. The molecule has 0 saturated heterocycles. The topological polar surface area (TPSA) is 54.9 Å². The fourth-order valence-electron chi connectivity index (χ4n) is 1.77. The van der Waals surface area contributed by atoms with Gasteiger partial charge in [-0.15, -0.1) is 24.0 Å². The quantitative estimate of drug-likeness (QED) is 0.246. The Morgan fingerprint density at radius 1 is 1.17 bits per heavy atom. The third-order valence-corrected chi connectivity index (χ3v) is 2.81. The highest BCUT2D eigenvalue weighted by atomic mass is 127. The van der Waals surface area contributed by atoms with Crippen LogP contribution in [0.5, 0.6) is 5.75 Å². The van der Waals surface area contributed by atoms with Gasteiger partial charge in [-0.05, 0) is 32.4 Å². The van der Waals surface area contributed by atoms with Crippen molar-refractivity contribution in [1.82, 2.24) is 10.6 Å². The zero-order valence-electron chi connectivity index (χ0n) is 14.1. The third kappa shape index (κ3) is 9.86. The lowest BCUT2D eigenvalue weighted by Crippen LogP contribution is -2.39. The Morgan fingerprint density at radius 3 is 2.62 bits per heavy atom. The van der Waals surface area contributed by atoms with Crippen molar-refractivity contribution in [3.8, 4) is 5.75 Å². The average molecular weight is 457 g/mol. The van der Waals surface area contributed by atoms with E-state index in [4.69, 9.17) is 9.47 Å². The standard InChI is InChI=1S/C16H25F2N3O2.HI/c1-3-19-16(20-8-5-10-22-4-2)21-9-11-23-15-7-6-13(17)12-14(15)18;/h6-7,12H,3-5,8-11H2,1-2H3,(H2,19,20,21);1H. The minimum Gasteiger partial charge on any atom is -0.489 e. The Labute approximate surface area is 159 Å². The van der Waals surface area contributed by atoms with E-state index in [1.165, 1.54) is 6.07 Å². The summed E-state index contributed by atoms with van der Waals surface area (Å²) in [5, 5.41) is 6.20. The number of rotatable bonds is 10. The number of guanidine groups is 1. The number of ether oxygens (including phenoxy) is 2. The van der Waals surface area contributed by atoms with Crippen LogP contribution in [-0.2, 0) is 4.74 Å². The van der Waals surface area contributed by atoms with Crippen molar-refractivity contribution in [1.29, 1.82) is 0 Å². The monoisotopic (exact) mass is 457 g/mol. The van der Waals surface area contributed by atoms with Crippen molar-refractivity contribution < 1.29 is 18.3 Å². The molecule has 138 valence electrons. The first kappa shape index (κ1) is 22.8. The molecule has 0 heterocycles. The molecule has 0 fully saturated rings. The van der Waals surface area contributed by atoms with Gasteiger partial charge in [0, 0.05) is 32.4 Å². The molecular weight excluding hydrogens is 431 g/mol. The smallest absolute Gasteiger partial charge is 0.191 e. The highest BCUT2D eigenvalue weighted by Gasteiger charge is 2.04. The van der Waals surface area contributed by atoms with Gasteiger partial charge in [0.05, 0.1) is 6.54 Å². The van der Waals surface area contributed by atoms with Gasteiger partial charge in [0.15, 0.2) is 17.5 Å². The van der Waals surface area contributed by atoms with Crippen LogP contribution in [0.4, 0.5) is 8.78 Å². The second-order valence-corrected chi connectivity index (χ2v) is 4.66. The normalized spacial score (nSPS) is 10.9. The molecule has 0 bridgehead atoms. The number of nitrogens with zero attached hydrogens (tertiary/aromatic N) is 1. The first-order chi connectivity index (χ1) is 11.2. The zero-order chi connectivity index (χ0) is 16.9. The maximum Gasteiger partial charge on any atom is 0.191 e. The second-order valence-electron chi connectivity index (χ2n) is 4.66. The van der Waals surface area contributed by atoms with Crippen LogP contribution in [0.1, 0.15) is 20.3 Å². The molecule has 5 nitrogen and oxygen atoms in total. The largest absolute Gasteiger partial charge is 0.489 e. The Morgan fingerprint density at radius 2 is 1.96 bits per heavy atom. The van der Waals surface area contributed by atoms with E-state index < -0.39 is 11.6 Å². The minimum absolute atomic E-state index is 0. The van der Waals surface area contributed by atoms with Crippen molar-refractivity contribution in [3.63, 3.8) is 0 Å². The van der Waals surface area contributed by atoms with E-state index in [-0.39, 0.29) is 36.3 Å². The first-order valence-electron chi connectivity index (χ1n) is 7.85. The number of aliphatic imine (C=N–C) groups is 1. The van der Waals surface area contributed by atoms with Crippen LogP contribution in [0.25, 0.3) is 0 Å². The van der Waals surface area contributed by atoms with Gasteiger partial charge in [0.2, 0.25) is 0 Å². The lowest BCUT2D eigenvalue weighted by atomic mass is 10.3. The van der Waals surface area contributed by atoms with Crippen LogP contribution in [0.3, 0.4) is 0 Å². The predicted octanol–water partition coefficient (Wildman–Crippen LogP) is 2.94. The molecule has 0 amide bonds. The summed E-state index contributed by atoms with van der Waals surface area (Å²) in [5.74, 6) is -0.623. The van der Waals surface area contributed by atoms with Crippen LogP contribution < -0.4 is 15.4 Å². The maximum atomic E-state index is 13.4. The van der Waals surface area contributed by atoms with E-state index in [9.17, 15) is 8.78 Å². The van der Waals surface area contributed by atoms with Crippen LogP contribution >= 0.6 is 24.0 Å². The van der Waals surface area contributed by atoms with Crippen LogP contribution in [0.15, 0.2) is 23.2 Å². The summed E-state index contributed by atoms with van der Waals surface area (Å²) >= 11 is 0. The van der Waals surface area contributed by atoms with Gasteiger partial charge < -0.3 is 20.1 Å². The molecule has 0 saturated carbocycles. The molecule has 8 heteroatoms. The summed E-state index contributed by atoms with van der Waals surface area (Å²) in [6.07, 6.45) is 0.849. The van der Waals surface area contributed by atoms with Gasteiger partial charge in [-0.2, -0.15) is 0 Å². The van der Waals surface area contributed by atoms with Gasteiger partial charge in [-0.1, -0.05) is 0 Å². The summed E-state index contributed by atoms with van der Waals surface area (Å²) in [6, 6.07) is 3.24. The molecule has 0 aliphatic carbocycles. The molecular formula is C16H26F2IN3O2. The molecule has 0 unspecified atom stereocenters. The van der Waals surface area contributed by atoms with Gasteiger partial charge in [0.25, 0.3) is 0 Å². The lowest BCUT2D eigenvalue weighted by Gasteiger charge is -2.12. The van der Waals surface area contributed by atoms with E-state index >= 15 is 0 Å². The zero-order valence-corrected chi connectivity index (χ0v) is 16.4. The predicted molar refractivity (Wildman–Crippen MR) is 102 cm³/mol. The Kier molecular flexibility index (Phi) is 13.5. The van der Waals surface area contributed by atoms with Crippen molar-refractivity contribution in [2.45, 2.75) is 20.3 Å². The highest BCUT2D eigenvalue weighted by molar-refractivity contribution is 14.0. The molecule has 1 aromatic carbocycles. The molecule has 1 rings (SSSR count). The molecule has 2 N–H and O–H groups in total. The molecule has 0 spiro atoms. The average Bonchev–Trinajstić information content (AvgIpc) is 2.52. The van der Waals surface area contributed by atoms with E-state index in [1.54, 1.807) is 0 Å². The number of nitrogens with one attached hydrogen (secondary N) is 2. The summed E-state index contributed by atoms with van der Waals surface area (Å²) < 4.78 is 36.7. The molecule has 0 aliphatic rings. The van der Waals surface area contributed by atoms with Crippen molar-refractivity contribution in [3.05, 3.63) is 29.8 Å². The van der Waals surface area contributed by atoms with Crippen LogP contribution in [0.2, 0.25) is 0 Å². The number of hydrogen-bond donors (Lipinski definition) is 2. The van der Waals surface area contributed by atoms with Gasteiger partial charge in [0.1, 0.15) is 12.4 Å². The number of benzene rings is 1. The van der Waals surface area contributed by atoms with Gasteiger partial charge in [-0.25, -0.2) is 8.78 Å². The Balaban J connectivity index is 0.00000529. The molecule has 24 heavy (non-hydrogen) atoms. The van der Waals surface area contributed by atoms with Gasteiger partial charge >= 0.3 is 0 Å². The van der Waals surface area contributed by atoms with Crippen molar-refractivity contribution >= 4 is 29.9 Å². The van der Waals surface area contributed by atoms with Crippen molar-refractivity contribution in [2.24, 2.45) is 4.99 Å². The first-order valence-corrected chi connectivity index (χ1v) is 7.85. The van der Waals surface area contributed by atoms with Crippen LogP contribution in [0, 0.1) is 11.6 Å². The van der Waals surface area contributed by atoms with Gasteiger partial charge in [-0.3, -0.25) is 4.99 Å². The van der Waals surface area contributed by atoms with E-state index in [0.29, 0.717) is 32.3 Å². The second kappa shape index (κ2) is 14.2. The van der Waals surface area contributed by atoms with E-state index in [2.05, 4.69) is 15.6 Å². The van der Waals surface area contributed by atoms with E-state index in [1.807, 2.05) is 13.8 Å². The Hall–Kier alpha value is -1.16. The number of hydrogen-bond acceptors (Lipinski definition) is 3. The molecule has 0 aliphatic heterocycles. The fraction of sp³-hybridized carbons (Fsp3) is 0.562. The molecule has 0 atom stereocenters. The van der Waals surface area contributed by atoms with Crippen LogP contribution in [-0.4, -0.2) is 45.4 Å². The molecule has 0 radical (unpaired) electrons.